The number of benzene rings is 2. The summed E-state index contributed by atoms with van der Waals surface area (Å²) >= 11 is 0. The summed E-state index contributed by atoms with van der Waals surface area (Å²) in [4.78, 5) is 0. The summed E-state index contributed by atoms with van der Waals surface area (Å²) in [6.07, 6.45) is 8.67. The van der Waals surface area contributed by atoms with Crippen LogP contribution in [0.3, 0.4) is 0 Å². The van der Waals surface area contributed by atoms with Gasteiger partial charge in [0.1, 0.15) is 36.9 Å². The molecule has 2 saturated heterocycles. The van der Waals surface area contributed by atoms with Gasteiger partial charge in [-0.05, 0) is 122 Å². The second-order valence-electron chi connectivity index (χ2n) is 12.9. The van der Waals surface area contributed by atoms with Gasteiger partial charge < -0.3 is 18.9 Å². The van der Waals surface area contributed by atoms with Crippen molar-refractivity contribution in [2.75, 3.05) is 26.4 Å². The van der Waals surface area contributed by atoms with E-state index in [1.54, 1.807) is 11.1 Å². The molecule has 6 aliphatic rings. The summed E-state index contributed by atoms with van der Waals surface area (Å²) in [6, 6.07) is 9.85. The summed E-state index contributed by atoms with van der Waals surface area (Å²) in [5.41, 5.74) is 8.82. The minimum Gasteiger partial charge on any atom is -0.490 e. The Bertz CT molecular complexity index is 1040. The highest BCUT2D eigenvalue weighted by Gasteiger charge is 2.58. The Morgan fingerprint density at radius 3 is 1.36 bits per heavy atom. The lowest BCUT2D eigenvalue weighted by Gasteiger charge is -2.63. The first-order valence-electron chi connectivity index (χ1n) is 14.0. The Hall–Kier alpha value is -2.04. The molecule has 4 saturated carbocycles. The molecule has 8 rings (SSSR count). The number of hydrogen-bond donors (Lipinski definition) is 0. The van der Waals surface area contributed by atoms with Gasteiger partial charge in [0.05, 0.1) is 13.2 Å². The predicted molar refractivity (Wildman–Crippen MR) is 140 cm³/mol. The van der Waals surface area contributed by atoms with Crippen LogP contribution in [0.25, 0.3) is 0 Å². The van der Waals surface area contributed by atoms with Crippen LogP contribution in [0, 0.1) is 39.5 Å². The first-order chi connectivity index (χ1) is 17.3. The van der Waals surface area contributed by atoms with Gasteiger partial charge in [-0.15, -0.1) is 0 Å². The normalized spacial score (nSPS) is 35.7. The number of ether oxygens (including phenoxy) is 4. The Labute approximate surface area is 215 Å². The molecular formula is C32H40O4. The van der Waals surface area contributed by atoms with Gasteiger partial charge in [-0.3, -0.25) is 0 Å². The zero-order valence-electron chi connectivity index (χ0n) is 22.3. The third-order valence-electron chi connectivity index (χ3n) is 9.84. The van der Waals surface area contributed by atoms with Crippen LogP contribution in [0.1, 0.15) is 71.9 Å². The fraction of sp³-hybridized carbons (Fsp3) is 0.625. The van der Waals surface area contributed by atoms with Crippen LogP contribution in [0.4, 0.5) is 0 Å². The summed E-state index contributed by atoms with van der Waals surface area (Å²) in [5.74, 6) is 3.79. The van der Waals surface area contributed by atoms with E-state index < -0.39 is 0 Å². The van der Waals surface area contributed by atoms with E-state index in [0.717, 1.165) is 36.5 Å². The number of epoxide rings is 2. The first kappa shape index (κ1) is 23.1. The molecule has 2 atom stereocenters. The van der Waals surface area contributed by atoms with E-state index in [9.17, 15) is 0 Å². The van der Waals surface area contributed by atoms with E-state index in [4.69, 9.17) is 18.9 Å². The van der Waals surface area contributed by atoms with Crippen molar-refractivity contribution < 1.29 is 18.9 Å². The van der Waals surface area contributed by atoms with Crippen molar-refractivity contribution in [1.29, 1.82) is 0 Å². The van der Waals surface area contributed by atoms with Crippen LogP contribution < -0.4 is 9.47 Å². The minimum absolute atomic E-state index is 0.289. The van der Waals surface area contributed by atoms with Gasteiger partial charge in [-0.25, -0.2) is 0 Å². The van der Waals surface area contributed by atoms with Crippen LogP contribution in [-0.4, -0.2) is 38.6 Å². The van der Waals surface area contributed by atoms with E-state index in [-0.39, 0.29) is 23.0 Å². The zero-order chi connectivity index (χ0) is 24.7. The van der Waals surface area contributed by atoms with Gasteiger partial charge in [-0.1, -0.05) is 24.3 Å². The number of hydrogen-bond acceptors (Lipinski definition) is 4. The van der Waals surface area contributed by atoms with E-state index >= 15 is 0 Å². The van der Waals surface area contributed by atoms with Gasteiger partial charge in [0.2, 0.25) is 0 Å². The van der Waals surface area contributed by atoms with Crippen molar-refractivity contribution >= 4 is 0 Å². The van der Waals surface area contributed by atoms with Gasteiger partial charge >= 0.3 is 0 Å². The van der Waals surface area contributed by atoms with Crippen LogP contribution in [-0.2, 0) is 20.3 Å². The topological polar surface area (TPSA) is 43.5 Å². The summed E-state index contributed by atoms with van der Waals surface area (Å²) in [7, 11) is 0. The minimum atomic E-state index is 0.289. The maximum absolute atomic E-state index is 6.19. The molecule has 0 radical (unpaired) electrons. The Morgan fingerprint density at radius 1 is 0.667 bits per heavy atom. The standard InChI is InChI=1S/C32H40O4/c1-19-5-25(6-20(2)29(19)35-16-27-14-33-27)31-10-23-9-24(11-31)13-32(12-23,18-31)26-7-21(3)30(22(4)8-26)36-17-28-15-34-28/h5-8,23-24,27-28H,9-18H2,1-4H3. The smallest absolute Gasteiger partial charge is 0.125 e. The van der Waals surface area contributed by atoms with E-state index in [2.05, 4.69) is 52.0 Å². The zero-order valence-corrected chi connectivity index (χ0v) is 22.3. The van der Waals surface area contributed by atoms with Crippen LogP contribution in [0.15, 0.2) is 24.3 Å². The second kappa shape index (κ2) is 8.23. The highest BCUT2D eigenvalue weighted by molar-refractivity contribution is 5.50. The molecule has 0 N–H and O–H groups in total. The maximum atomic E-state index is 6.19. The monoisotopic (exact) mass is 488 g/mol. The Balaban J connectivity index is 1.21. The first-order valence-corrected chi connectivity index (χ1v) is 14.0. The van der Waals surface area contributed by atoms with E-state index in [1.165, 1.54) is 60.8 Å². The highest BCUT2D eigenvalue weighted by atomic mass is 16.6. The summed E-state index contributed by atoms with van der Waals surface area (Å²) in [5, 5.41) is 0. The van der Waals surface area contributed by atoms with Gasteiger partial charge in [-0.2, -0.15) is 0 Å². The average Bonchev–Trinajstić information content (AvgIpc) is 3.72. The molecule has 36 heavy (non-hydrogen) atoms. The molecule has 0 aromatic heterocycles. The number of aryl methyl sites for hydroxylation is 4. The largest absolute Gasteiger partial charge is 0.490 e. The second-order valence-corrected chi connectivity index (χ2v) is 12.9. The van der Waals surface area contributed by atoms with E-state index in [1.807, 2.05) is 0 Å². The SMILES string of the molecule is Cc1cc(C23CC4CC(C2)CC(c2cc(C)c(OCC5CO5)c(C)c2)(C4)C3)cc(C)c1OCC1CO1. The van der Waals surface area contributed by atoms with Crippen LogP contribution in [0.2, 0.25) is 0 Å². The molecule has 2 heterocycles. The molecule has 0 spiro atoms. The molecule has 2 aliphatic heterocycles. The van der Waals surface area contributed by atoms with Gasteiger partial charge in [0.25, 0.3) is 0 Å². The fourth-order valence-electron chi connectivity index (χ4n) is 8.59. The molecule has 4 bridgehead atoms. The molecular weight excluding hydrogens is 448 g/mol. The van der Waals surface area contributed by atoms with Crippen molar-refractivity contribution in [3.8, 4) is 11.5 Å². The molecule has 2 aromatic rings. The van der Waals surface area contributed by atoms with Crippen LogP contribution >= 0.6 is 0 Å². The molecule has 6 fully saturated rings. The molecule has 4 nitrogen and oxygen atoms in total. The van der Waals surface area contributed by atoms with Gasteiger partial charge in [0.15, 0.2) is 0 Å². The lowest BCUT2D eigenvalue weighted by atomic mass is 9.41. The Morgan fingerprint density at radius 2 is 1.03 bits per heavy atom. The van der Waals surface area contributed by atoms with Crippen molar-refractivity contribution in [1.82, 2.24) is 0 Å². The predicted octanol–water partition coefficient (Wildman–Crippen LogP) is 6.27. The molecule has 192 valence electrons. The van der Waals surface area contributed by atoms with Crippen molar-refractivity contribution in [2.45, 2.75) is 89.3 Å². The van der Waals surface area contributed by atoms with E-state index in [0.29, 0.717) is 13.2 Å². The molecule has 2 unspecified atom stereocenters. The molecule has 4 aliphatic carbocycles. The van der Waals surface area contributed by atoms with Crippen molar-refractivity contribution in [3.05, 3.63) is 57.6 Å². The van der Waals surface area contributed by atoms with Crippen molar-refractivity contribution in [2.24, 2.45) is 11.8 Å². The third kappa shape index (κ3) is 3.96. The van der Waals surface area contributed by atoms with Gasteiger partial charge in [0, 0.05) is 0 Å². The quantitative estimate of drug-likeness (QED) is 0.411. The third-order valence-corrected chi connectivity index (χ3v) is 9.84. The lowest BCUT2D eigenvalue weighted by molar-refractivity contribution is -0.0282. The average molecular weight is 489 g/mol. The molecule has 4 heteroatoms. The summed E-state index contributed by atoms with van der Waals surface area (Å²) in [6.45, 7) is 11.9. The highest BCUT2D eigenvalue weighted by Crippen LogP contribution is 2.66. The van der Waals surface area contributed by atoms with Crippen molar-refractivity contribution in [3.63, 3.8) is 0 Å². The van der Waals surface area contributed by atoms with Crippen LogP contribution in [0.5, 0.6) is 11.5 Å². The summed E-state index contributed by atoms with van der Waals surface area (Å²) < 4.78 is 23.1. The lowest BCUT2D eigenvalue weighted by Crippen LogP contribution is -2.56. The maximum Gasteiger partial charge on any atom is 0.125 e. The Kier molecular flexibility index (Phi) is 5.28. The number of rotatable bonds is 8. The molecule has 2 aromatic carbocycles. The fourth-order valence-corrected chi connectivity index (χ4v) is 8.59. The molecule has 0 amide bonds.